The van der Waals surface area contributed by atoms with Gasteiger partial charge in [0.15, 0.2) is 5.82 Å². The maximum absolute atomic E-state index is 16.0. The lowest BCUT2D eigenvalue weighted by Crippen LogP contribution is -2.27. The highest BCUT2D eigenvalue weighted by atomic mass is 32.1. The highest BCUT2D eigenvalue weighted by Crippen LogP contribution is 2.44. The summed E-state index contributed by atoms with van der Waals surface area (Å²) in [5.41, 5.74) is 0.416. The van der Waals surface area contributed by atoms with Crippen LogP contribution in [0.3, 0.4) is 0 Å². The number of methoxy groups -OCH3 is 1. The van der Waals surface area contributed by atoms with Gasteiger partial charge in [0, 0.05) is 23.5 Å². The molecule has 2 aliphatic heterocycles. The van der Waals surface area contributed by atoms with E-state index >= 15 is 4.39 Å². The largest absolute Gasteiger partial charge is 0.468 e. The Balaban J connectivity index is 0.000000367. The zero-order valence-corrected chi connectivity index (χ0v) is 28.5. The van der Waals surface area contributed by atoms with E-state index in [9.17, 15) is 18.4 Å². The second-order valence-electron chi connectivity index (χ2n) is 12.2. The van der Waals surface area contributed by atoms with Gasteiger partial charge in [0.1, 0.15) is 28.1 Å². The summed E-state index contributed by atoms with van der Waals surface area (Å²) in [6.07, 6.45) is 2.56. The van der Waals surface area contributed by atoms with Crippen molar-refractivity contribution in [2.24, 2.45) is 0 Å². The van der Waals surface area contributed by atoms with Gasteiger partial charge in [-0.3, -0.25) is 20.0 Å². The van der Waals surface area contributed by atoms with Crippen molar-refractivity contribution in [2.45, 2.75) is 92.0 Å². The Bertz CT molecular complexity index is 1770. The number of aromatic amines is 1. The number of ether oxygens (including phenoxy) is 2. The molecule has 0 spiro atoms. The van der Waals surface area contributed by atoms with E-state index in [1.807, 2.05) is 20.8 Å². The van der Waals surface area contributed by atoms with Crippen LogP contribution in [0.15, 0.2) is 23.0 Å². The number of H-pyrrole nitrogens is 1. The van der Waals surface area contributed by atoms with Crippen molar-refractivity contribution in [1.29, 1.82) is 0 Å². The van der Waals surface area contributed by atoms with E-state index in [4.69, 9.17) is 9.47 Å². The lowest BCUT2D eigenvalue weighted by atomic mass is 9.92. The van der Waals surface area contributed by atoms with Crippen LogP contribution in [0.25, 0.3) is 32.1 Å². The number of aryl methyl sites for hydroxylation is 2. The molecule has 0 aliphatic carbocycles. The van der Waals surface area contributed by atoms with Gasteiger partial charge in [-0.15, -0.1) is 11.3 Å². The highest BCUT2D eigenvalue weighted by Gasteiger charge is 2.34. The van der Waals surface area contributed by atoms with Gasteiger partial charge < -0.3 is 9.47 Å². The normalized spacial score (nSPS) is 17.6. The van der Waals surface area contributed by atoms with E-state index in [-0.39, 0.29) is 27.2 Å². The number of hydrogen-bond acceptors (Lipinski definition) is 7. The first-order chi connectivity index (χ1) is 21.8. The summed E-state index contributed by atoms with van der Waals surface area (Å²) in [6, 6.07) is 4.86. The van der Waals surface area contributed by atoms with Crippen molar-refractivity contribution in [3.63, 3.8) is 0 Å². The van der Waals surface area contributed by atoms with Crippen molar-refractivity contribution < 1.29 is 27.4 Å². The first kappa shape index (κ1) is 35.2. The fourth-order valence-electron chi connectivity index (χ4n) is 6.01. The average molecular weight is 661 g/mol. The monoisotopic (exact) mass is 660 g/mol. The number of benzene rings is 2. The molecule has 250 valence electrons. The minimum absolute atomic E-state index is 0.0941. The standard InChI is InChI=1S/C25H25F2N3O4S.C7H12FN.C2H6/c1-7-12-10-14-19(28-23(33-6)29-21(14)31)18(27)17(12)13-8-9-15(26)20-16(13)11(2)22(35-20)30-24(32)34-25(3,4)5;8-6-4-7-2-1-3-9(7)5-6;1-2/h8-10H,7H2,1-6H3,(H,30,32)(H,28,29,31);6-7H,1-5H2;1-2H3. The quantitative estimate of drug-likeness (QED) is 0.228. The summed E-state index contributed by atoms with van der Waals surface area (Å²) in [5.74, 6) is -1.20. The van der Waals surface area contributed by atoms with Crippen molar-refractivity contribution in [3.8, 4) is 17.1 Å². The number of amides is 1. The van der Waals surface area contributed by atoms with Crippen LogP contribution in [0.1, 0.15) is 71.9 Å². The maximum atomic E-state index is 16.0. The zero-order chi connectivity index (χ0) is 33.9. The number of fused-ring (bicyclic) bond motifs is 3. The van der Waals surface area contributed by atoms with Crippen molar-refractivity contribution in [1.82, 2.24) is 14.9 Å². The molecule has 0 bridgehead atoms. The van der Waals surface area contributed by atoms with Crippen LogP contribution < -0.4 is 15.6 Å². The maximum Gasteiger partial charge on any atom is 0.412 e. The highest BCUT2D eigenvalue weighted by molar-refractivity contribution is 7.23. The average Bonchev–Trinajstić information content (AvgIpc) is 3.68. The van der Waals surface area contributed by atoms with Crippen LogP contribution in [-0.2, 0) is 11.2 Å². The molecule has 0 radical (unpaired) electrons. The van der Waals surface area contributed by atoms with Crippen LogP contribution in [0.5, 0.6) is 6.01 Å². The third-order valence-electron chi connectivity index (χ3n) is 7.95. The summed E-state index contributed by atoms with van der Waals surface area (Å²) in [6.45, 7) is 14.6. The van der Waals surface area contributed by atoms with Crippen molar-refractivity contribution in [3.05, 3.63) is 51.3 Å². The summed E-state index contributed by atoms with van der Waals surface area (Å²) in [7, 11) is 1.32. The molecule has 12 heteroatoms. The number of thiophene rings is 1. The summed E-state index contributed by atoms with van der Waals surface area (Å²) < 4.78 is 54.1. The molecule has 2 saturated heterocycles. The number of carbonyl (C=O) groups excluding carboxylic acids is 1. The van der Waals surface area contributed by atoms with Gasteiger partial charge in [-0.1, -0.05) is 26.8 Å². The molecule has 1 amide bonds. The zero-order valence-electron chi connectivity index (χ0n) is 27.7. The van der Waals surface area contributed by atoms with Crippen LogP contribution >= 0.6 is 11.3 Å². The SMILES string of the molecule is CC.CCc1cc2c(=O)[nH]c(OC)nc2c(F)c1-c1ccc(F)c2sc(NC(=O)OC(C)(C)C)c(C)c12.FC1CC2CCCN2C1. The van der Waals surface area contributed by atoms with Gasteiger partial charge in [-0.25, -0.2) is 18.0 Å². The van der Waals surface area contributed by atoms with E-state index in [1.54, 1.807) is 33.8 Å². The van der Waals surface area contributed by atoms with Gasteiger partial charge in [-0.05, 0) is 88.7 Å². The summed E-state index contributed by atoms with van der Waals surface area (Å²) in [5, 5.41) is 3.64. The molecule has 2 atom stereocenters. The lowest BCUT2D eigenvalue weighted by molar-refractivity contribution is 0.0636. The van der Waals surface area contributed by atoms with E-state index in [1.165, 1.54) is 32.1 Å². The number of alkyl halides is 1. The first-order valence-corrected chi connectivity index (χ1v) is 16.5. The second kappa shape index (κ2) is 14.4. The van der Waals surface area contributed by atoms with E-state index in [2.05, 4.69) is 20.2 Å². The van der Waals surface area contributed by atoms with Gasteiger partial charge in [-0.2, -0.15) is 4.98 Å². The number of aromatic nitrogens is 2. The Morgan fingerprint density at radius 2 is 1.96 bits per heavy atom. The number of hydrogen-bond donors (Lipinski definition) is 2. The summed E-state index contributed by atoms with van der Waals surface area (Å²) >= 11 is 1.05. The Labute approximate surface area is 271 Å². The van der Waals surface area contributed by atoms with Crippen molar-refractivity contribution >= 4 is 43.4 Å². The molecule has 4 aromatic rings. The number of halogens is 3. The molecule has 0 saturated carbocycles. The predicted molar refractivity (Wildman–Crippen MR) is 179 cm³/mol. The predicted octanol–water partition coefficient (Wildman–Crippen LogP) is 8.53. The van der Waals surface area contributed by atoms with Crippen LogP contribution in [0.2, 0.25) is 0 Å². The van der Waals surface area contributed by atoms with Crippen molar-refractivity contribution in [2.75, 3.05) is 25.5 Å². The fourth-order valence-corrected chi connectivity index (χ4v) is 7.13. The number of anilines is 1. The molecule has 46 heavy (non-hydrogen) atoms. The van der Waals surface area contributed by atoms with Crippen LogP contribution in [-0.4, -0.2) is 59.0 Å². The molecular formula is C34H43F3N4O4S. The lowest BCUT2D eigenvalue weighted by Gasteiger charge is -2.19. The van der Waals surface area contributed by atoms with Crippen LogP contribution in [0, 0.1) is 18.6 Å². The minimum atomic E-state index is -0.707. The Morgan fingerprint density at radius 1 is 1.24 bits per heavy atom. The molecule has 2 aromatic carbocycles. The van der Waals surface area contributed by atoms with Gasteiger partial charge in [0.25, 0.3) is 11.6 Å². The molecule has 8 nitrogen and oxygen atoms in total. The van der Waals surface area contributed by atoms with Crippen LogP contribution in [0.4, 0.5) is 23.0 Å². The Kier molecular flexibility index (Phi) is 11.0. The van der Waals surface area contributed by atoms with Gasteiger partial charge in [0.05, 0.1) is 17.2 Å². The van der Waals surface area contributed by atoms with E-state index < -0.39 is 35.1 Å². The molecule has 2 unspecified atom stereocenters. The second-order valence-corrected chi connectivity index (χ2v) is 13.2. The number of carbonyl (C=O) groups is 1. The van der Waals surface area contributed by atoms with Gasteiger partial charge in [0.2, 0.25) is 0 Å². The van der Waals surface area contributed by atoms with E-state index in [0.717, 1.165) is 24.3 Å². The number of rotatable bonds is 4. The number of nitrogens with zero attached hydrogens (tertiary/aromatic N) is 2. The molecule has 2 aliphatic rings. The van der Waals surface area contributed by atoms with E-state index in [0.29, 0.717) is 46.1 Å². The first-order valence-electron chi connectivity index (χ1n) is 15.7. The molecule has 2 fully saturated rings. The smallest absolute Gasteiger partial charge is 0.412 e. The summed E-state index contributed by atoms with van der Waals surface area (Å²) in [4.78, 5) is 33.7. The Morgan fingerprint density at radius 3 is 2.59 bits per heavy atom. The third kappa shape index (κ3) is 7.33. The third-order valence-corrected chi connectivity index (χ3v) is 9.16. The van der Waals surface area contributed by atoms with Gasteiger partial charge >= 0.3 is 6.09 Å². The molecular weight excluding hydrogens is 617 g/mol. The molecule has 2 aromatic heterocycles. The molecule has 2 N–H and O–H groups in total. The Hall–Kier alpha value is -3.64. The fraction of sp³-hybridized carbons (Fsp3) is 0.500. The minimum Gasteiger partial charge on any atom is -0.468 e. The topological polar surface area (TPSA) is 96.6 Å². The molecule has 6 rings (SSSR count). The number of nitrogens with one attached hydrogen (secondary N) is 2. The molecule has 4 heterocycles.